The van der Waals surface area contributed by atoms with Gasteiger partial charge in [-0.25, -0.2) is 4.79 Å². The lowest BCUT2D eigenvalue weighted by Crippen LogP contribution is -2.77. The zero-order chi connectivity index (χ0) is 27.5. The SMILES string of the molecule is CC(=O)Oc1ccccc1C(=O)O.Oc1ccc2c3c1O[C@H]1[C@@H](O)CC[C@@]4(O)[C@@H](C2)N(CC2CCC2)CC[C@]314. The molecule has 9 heteroatoms. The Morgan fingerprint density at radius 2 is 1.90 bits per heavy atom. The van der Waals surface area contributed by atoms with E-state index in [9.17, 15) is 24.9 Å². The average molecular weight is 538 g/mol. The molecular formula is C30H35NO8. The van der Waals surface area contributed by atoms with Gasteiger partial charge >= 0.3 is 11.9 Å². The number of esters is 1. The number of nitrogens with zero attached hydrogens (tertiary/aromatic N) is 1. The summed E-state index contributed by atoms with van der Waals surface area (Å²) in [5, 5.41) is 41.9. The van der Waals surface area contributed by atoms with Crippen molar-refractivity contribution in [3.63, 3.8) is 0 Å². The second-order valence-corrected chi connectivity index (χ2v) is 11.6. The van der Waals surface area contributed by atoms with Gasteiger partial charge in [-0.1, -0.05) is 24.6 Å². The predicted octanol–water partition coefficient (Wildman–Crippen LogP) is 3.02. The van der Waals surface area contributed by atoms with Crippen LogP contribution in [0, 0.1) is 5.92 Å². The highest BCUT2D eigenvalue weighted by Crippen LogP contribution is 2.65. The number of carboxylic acids is 1. The van der Waals surface area contributed by atoms with Crippen LogP contribution in [0.25, 0.3) is 0 Å². The third-order valence-corrected chi connectivity index (χ3v) is 9.63. The van der Waals surface area contributed by atoms with E-state index in [1.807, 2.05) is 6.07 Å². The Morgan fingerprint density at radius 1 is 1.13 bits per heavy atom. The fourth-order valence-corrected chi connectivity index (χ4v) is 7.72. The quantitative estimate of drug-likeness (QED) is 0.343. The molecule has 9 nitrogen and oxygen atoms in total. The summed E-state index contributed by atoms with van der Waals surface area (Å²) in [6, 6.07) is 9.78. The first-order valence-electron chi connectivity index (χ1n) is 13.8. The van der Waals surface area contributed by atoms with Gasteiger partial charge in [0.15, 0.2) is 11.5 Å². The summed E-state index contributed by atoms with van der Waals surface area (Å²) < 4.78 is 10.8. The number of aliphatic hydroxyl groups excluding tert-OH is 1. The zero-order valence-electron chi connectivity index (χ0n) is 22.0. The van der Waals surface area contributed by atoms with E-state index in [4.69, 9.17) is 9.84 Å². The number of aliphatic hydroxyl groups is 2. The number of ether oxygens (including phenoxy) is 2. The molecule has 4 N–H and O–H groups in total. The molecule has 1 spiro atoms. The summed E-state index contributed by atoms with van der Waals surface area (Å²) in [5.74, 6) is -0.155. The third-order valence-electron chi connectivity index (χ3n) is 9.63. The van der Waals surface area contributed by atoms with E-state index < -0.39 is 35.2 Å². The Kier molecular flexibility index (Phi) is 6.36. The average Bonchev–Trinajstić information content (AvgIpc) is 3.23. The van der Waals surface area contributed by atoms with Gasteiger partial charge in [0, 0.05) is 25.1 Å². The Bertz CT molecular complexity index is 1310. The maximum atomic E-state index is 12.1. The molecule has 2 aromatic rings. The van der Waals surface area contributed by atoms with Crippen molar-refractivity contribution in [3.8, 4) is 17.2 Å². The topological polar surface area (TPSA) is 137 Å². The highest BCUT2D eigenvalue weighted by atomic mass is 16.5. The summed E-state index contributed by atoms with van der Waals surface area (Å²) in [4.78, 5) is 23.7. The number of rotatable bonds is 4. The Labute approximate surface area is 227 Å². The molecule has 2 aliphatic heterocycles. The Balaban J connectivity index is 0.000000181. The van der Waals surface area contributed by atoms with Gasteiger partial charge in [-0.3, -0.25) is 9.69 Å². The number of aromatic hydroxyl groups is 1. The van der Waals surface area contributed by atoms with Crippen molar-refractivity contribution >= 4 is 11.9 Å². The summed E-state index contributed by atoms with van der Waals surface area (Å²) in [7, 11) is 0. The van der Waals surface area contributed by atoms with Crippen molar-refractivity contribution in [2.75, 3.05) is 13.1 Å². The van der Waals surface area contributed by atoms with E-state index in [2.05, 4.69) is 9.64 Å². The lowest BCUT2D eigenvalue weighted by molar-refractivity contribution is -0.209. The number of para-hydroxylation sites is 1. The number of aromatic carboxylic acids is 1. The zero-order valence-corrected chi connectivity index (χ0v) is 22.0. The molecule has 5 aliphatic rings. The van der Waals surface area contributed by atoms with Crippen molar-refractivity contribution in [2.45, 2.75) is 81.1 Å². The van der Waals surface area contributed by atoms with Crippen LogP contribution in [0.15, 0.2) is 36.4 Å². The van der Waals surface area contributed by atoms with E-state index in [0.717, 1.165) is 37.4 Å². The van der Waals surface area contributed by atoms with Crippen LogP contribution in [0.1, 0.15) is 66.9 Å². The molecule has 2 heterocycles. The van der Waals surface area contributed by atoms with E-state index in [-0.39, 0.29) is 23.1 Å². The summed E-state index contributed by atoms with van der Waals surface area (Å²) >= 11 is 0. The summed E-state index contributed by atoms with van der Waals surface area (Å²) in [5.41, 5.74) is 0.696. The normalized spacial score (nSPS) is 32.1. The second-order valence-electron chi connectivity index (χ2n) is 11.6. The number of carboxylic acid groups (broad SMARTS) is 1. The molecule has 0 unspecified atom stereocenters. The molecule has 39 heavy (non-hydrogen) atoms. The van der Waals surface area contributed by atoms with Gasteiger partial charge in [0.25, 0.3) is 0 Å². The molecule has 7 rings (SSSR count). The molecule has 208 valence electrons. The molecule has 5 atom stereocenters. The van der Waals surface area contributed by atoms with Gasteiger partial charge in [0.2, 0.25) is 0 Å². The van der Waals surface area contributed by atoms with Crippen LogP contribution in [0.4, 0.5) is 0 Å². The number of piperidine rings is 1. The highest BCUT2D eigenvalue weighted by molar-refractivity contribution is 5.91. The minimum atomic E-state index is -1.11. The second kappa shape index (κ2) is 9.50. The number of phenols is 1. The summed E-state index contributed by atoms with van der Waals surface area (Å²) in [6.07, 6.45) is 5.68. The van der Waals surface area contributed by atoms with Crippen molar-refractivity contribution in [2.24, 2.45) is 5.92 Å². The lowest BCUT2D eigenvalue weighted by atomic mass is 9.48. The first-order valence-corrected chi connectivity index (χ1v) is 13.8. The van der Waals surface area contributed by atoms with Gasteiger partial charge in [-0.15, -0.1) is 0 Å². The monoisotopic (exact) mass is 537 g/mol. The molecule has 3 aliphatic carbocycles. The number of carbonyl (C=O) groups excluding carboxylic acids is 1. The fraction of sp³-hybridized carbons (Fsp3) is 0.533. The minimum Gasteiger partial charge on any atom is -0.504 e. The molecule has 2 bridgehead atoms. The Morgan fingerprint density at radius 3 is 2.59 bits per heavy atom. The van der Waals surface area contributed by atoms with Crippen LogP contribution < -0.4 is 9.47 Å². The molecule has 0 amide bonds. The number of benzene rings is 2. The molecular weight excluding hydrogens is 502 g/mol. The standard InChI is InChI=1S/C21H27NO4.C9H8O4/c23-14-5-4-13-10-16-21(25)7-6-15(24)19-20(21,17(13)18(14)26-19)8-9-22(16)11-12-2-1-3-12;1-6(10)13-8-5-3-2-4-7(8)9(11)12/h4-5,12,15-16,19,23-25H,1-3,6-11H2;2-5H,1H3,(H,11,12)/t15-,16+,19-,20-,21+;/m0./s1. The van der Waals surface area contributed by atoms with Crippen LogP contribution in [0.3, 0.4) is 0 Å². The van der Waals surface area contributed by atoms with Gasteiger partial charge in [0.05, 0.1) is 17.1 Å². The first kappa shape index (κ1) is 26.1. The molecule has 2 aromatic carbocycles. The number of likely N-dealkylation sites (tertiary alicyclic amines) is 1. The summed E-state index contributed by atoms with van der Waals surface area (Å²) in [6.45, 7) is 3.24. The highest BCUT2D eigenvalue weighted by Gasteiger charge is 2.72. The lowest BCUT2D eigenvalue weighted by Gasteiger charge is -2.64. The minimum absolute atomic E-state index is 0.0160. The van der Waals surface area contributed by atoms with E-state index in [0.29, 0.717) is 18.6 Å². The first-order chi connectivity index (χ1) is 18.7. The van der Waals surface area contributed by atoms with Crippen molar-refractivity contribution < 1.29 is 39.5 Å². The molecule has 0 aromatic heterocycles. The molecule has 1 saturated heterocycles. The molecule has 0 radical (unpaired) electrons. The largest absolute Gasteiger partial charge is 0.504 e. The van der Waals surface area contributed by atoms with Gasteiger partial charge in [0.1, 0.15) is 17.4 Å². The van der Waals surface area contributed by atoms with Gasteiger partial charge in [-0.2, -0.15) is 0 Å². The fourth-order valence-electron chi connectivity index (χ4n) is 7.72. The smallest absolute Gasteiger partial charge is 0.339 e. The Hall–Kier alpha value is -3.14. The van der Waals surface area contributed by atoms with Crippen molar-refractivity contribution in [1.29, 1.82) is 0 Å². The number of carbonyl (C=O) groups is 2. The number of hydrogen-bond acceptors (Lipinski definition) is 8. The van der Waals surface area contributed by atoms with Gasteiger partial charge in [-0.05, 0) is 74.8 Å². The third kappa shape index (κ3) is 3.93. The van der Waals surface area contributed by atoms with E-state index in [1.54, 1.807) is 18.2 Å². The number of phenolic OH excluding ortho intramolecular Hbond substituents is 1. The van der Waals surface area contributed by atoms with E-state index in [1.165, 1.54) is 43.9 Å². The van der Waals surface area contributed by atoms with Gasteiger partial charge < -0.3 is 29.9 Å². The molecule has 3 fully saturated rings. The van der Waals surface area contributed by atoms with Crippen LogP contribution >= 0.6 is 0 Å². The van der Waals surface area contributed by atoms with Crippen LogP contribution in [0.5, 0.6) is 17.2 Å². The van der Waals surface area contributed by atoms with Crippen molar-refractivity contribution in [3.05, 3.63) is 53.1 Å². The molecule has 2 saturated carbocycles. The van der Waals surface area contributed by atoms with E-state index >= 15 is 0 Å². The van der Waals surface area contributed by atoms with Crippen LogP contribution in [0.2, 0.25) is 0 Å². The predicted molar refractivity (Wildman–Crippen MR) is 140 cm³/mol. The van der Waals surface area contributed by atoms with Crippen LogP contribution in [-0.4, -0.2) is 74.2 Å². The van der Waals surface area contributed by atoms with Crippen molar-refractivity contribution in [1.82, 2.24) is 4.90 Å². The maximum absolute atomic E-state index is 12.1. The maximum Gasteiger partial charge on any atom is 0.339 e. The number of hydrogen-bond donors (Lipinski definition) is 4. The van der Waals surface area contributed by atoms with Crippen LogP contribution in [-0.2, 0) is 16.6 Å².